The molecule has 0 aliphatic heterocycles. The third kappa shape index (κ3) is 2.94. The second kappa shape index (κ2) is 5.28. The molecule has 1 fully saturated rings. The second-order valence-corrected chi connectivity index (χ2v) is 4.63. The van der Waals surface area contributed by atoms with E-state index in [1.807, 2.05) is 12.4 Å². The van der Waals surface area contributed by atoms with Crippen molar-refractivity contribution in [3.63, 3.8) is 0 Å². The van der Waals surface area contributed by atoms with Crippen LogP contribution < -0.4 is 0 Å². The van der Waals surface area contributed by atoms with Crippen LogP contribution in [0.3, 0.4) is 0 Å². The van der Waals surface area contributed by atoms with Crippen LogP contribution >= 0.6 is 0 Å². The van der Waals surface area contributed by atoms with E-state index in [1.165, 1.54) is 0 Å². The summed E-state index contributed by atoms with van der Waals surface area (Å²) in [5, 5.41) is 0. The number of carbonyl (C=O) groups excluding carboxylic acids is 1. The Labute approximate surface area is 96.9 Å². The van der Waals surface area contributed by atoms with Crippen LogP contribution in [0, 0.1) is 5.92 Å². The number of nitrogens with zero attached hydrogens (tertiary/aromatic N) is 2. The van der Waals surface area contributed by atoms with E-state index < -0.39 is 0 Å². The molecule has 0 spiro atoms. The van der Waals surface area contributed by atoms with Gasteiger partial charge in [0.15, 0.2) is 0 Å². The van der Waals surface area contributed by atoms with E-state index in [1.54, 1.807) is 0 Å². The molecule has 0 unspecified atom stereocenters. The molecule has 1 aromatic rings. The van der Waals surface area contributed by atoms with E-state index in [9.17, 15) is 4.79 Å². The van der Waals surface area contributed by atoms with E-state index in [2.05, 4.69) is 16.5 Å². The number of rotatable bonds is 7. The summed E-state index contributed by atoms with van der Waals surface area (Å²) >= 11 is 0. The number of imidazole rings is 1. The lowest BCUT2D eigenvalue weighted by atomic mass is 10.1. The van der Waals surface area contributed by atoms with Crippen molar-refractivity contribution < 1.29 is 4.79 Å². The minimum absolute atomic E-state index is 0.412. The number of aryl methyl sites for hydroxylation is 2. The average Bonchev–Trinajstić information content (AvgIpc) is 3.03. The lowest BCUT2D eigenvalue weighted by molar-refractivity contribution is -0.120. The normalized spacial score (nSPS) is 15.3. The Bertz CT molecular complexity index is 353. The van der Waals surface area contributed by atoms with Gasteiger partial charge in [-0.05, 0) is 25.7 Å². The molecule has 1 aromatic heterocycles. The van der Waals surface area contributed by atoms with Gasteiger partial charge in [-0.3, -0.25) is 4.79 Å². The van der Waals surface area contributed by atoms with Crippen LogP contribution in [0.25, 0.3) is 0 Å². The summed E-state index contributed by atoms with van der Waals surface area (Å²) in [5.41, 5.74) is 0. The first kappa shape index (κ1) is 11.4. The fourth-order valence-corrected chi connectivity index (χ4v) is 2.04. The largest absolute Gasteiger partial charge is 0.335 e. The van der Waals surface area contributed by atoms with Gasteiger partial charge >= 0.3 is 0 Å². The number of ketones is 1. The van der Waals surface area contributed by atoms with Gasteiger partial charge in [0, 0.05) is 37.7 Å². The van der Waals surface area contributed by atoms with Crippen molar-refractivity contribution in [2.75, 3.05) is 0 Å². The van der Waals surface area contributed by atoms with Crippen molar-refractivity contribution >= 4 is 5.78 Å². The molecule has 16 heavy (non-hydrogen) atoms. The molecule has 88 valence electrons. The molecule has 1 aliphatic rings. The monoisotopic (exact) mass is 220 g/mol. The van der Waals surface area contributed by atoms with Gasteiger partial charge in [-0.25, -0.2) is 4.98 Å². The maximum atomic E-state index is 11.5. The number of carbonyl (C=O) groups is 1. The molecule has 0 atom stereocenters. The summed E-state index contributed by atoms with van der Waals surface area (Å²) in [7, 11) is 0. The van der Waals surface area contributed by atoms with Crippen molar-refractivity contribution in [2.24, 2.45) is 5.92 Å². The molecule has 0 N–H and O–H groups in total. The van der Waals surface area contributed by atoms with Crippen LogP contribution in [-0.4, -0.2) is 15.3 Å². The maximum absolute atomic E-state index is 11.5. The molecule has 0 radical (unpaired) electrons. The van der Waals surface area contributed by atoms with E-state index in [0.29, 0.717) is 11.7 Å². The molecule has 1 aliphatic carbocycles. The van der Waals surface area contributed by atoms with Gasteiger partial charge in [0.05, 0.1) is 0 Å². The zero-order chi connectivity index (χ0) is 11.4. The molecule has 3 nitrogen and oxygen atoms in total. The Morgan fingerprint density at radius 2 is 2.38 bits per heavy atom. The third-order valence-corrected chi connectivity index (χ3v) is 3.12. The van der Waals surface area contributed by atoms with E-state index in [4.69, 9.17) is 0 Å². The van der Waals surface area contributed by atoms with Gasteiger partial charge in [-0.2, -0.15) is 0 Å². The summed E-state index contributed by atoms with van der Waals surface area (Å²) in [4.78, 5) is 15.9. The van der Waals surface area contributed by atoms with Crippen molar-refractivity contribution in [3.05, 3.63) is 18.2 Å². The fraction of sp³-hybridized carbons (Fsp3) is 0.692. The van der Waals surface area contributed by atoms with E-state index in [0.717, 1.165) is 50.9 Å². The maximum Gasteiger partial charge on any atom is 0.135 e. The molecule has 1 saturated carbocycles. The van der Waals surface area contributed by atoms with Crippen LogP contribution in [0.1, 0.15) is 44.9 Å². The van der Waals surface area contributed by atoms with E-state index in [-0.39, 0.29) is 0 Å². The zero-order valence-electron chi connectivity index (χ0n) is 9.98. The summed E-state index contributed by atoms with van der Waals surface area (Å²) in [6.07, 6.45) is 9.90. The standard InChI is InChI=1S/C13H20N2O/c1-2-9-15-10-8-14-13(15)5-3-4-12(16)11-6-7-11/h8,10-11H,2-7,9H2,1H3. The Hall–Kier alpha value is -1.12. The second-order valence-electron chi connectivity index (χ2n) is 4.63. The van der Waals surface area contributed by atoms with Crippen LogP contribution in [0.2, 0.25) is 0 Å². The van der Waals surface area contributed by atoms with Crippen LogP contribution in [0.4, 0.5) is 0 Å². The summed E-state index contributed by atoms with van der Waals surface area (Å²) < 4.78 is 2.20. The highest BCUT2D eigenvalue weighted by molar-refractivity contribution is 5.83. The molecule has 0 amide bonds. The summed E-state index contributed by atoms with van der Waals surface area (Å²) in [6.45, 7) is 3.20. The van der Waals surface area contributed by atoms with Crippen LogP contribution in [0.5, 0.6) is 0 Å². The van der Waals surface area contributed by atoms with Crippen molar-refractivity contribution in [2.45, 2.75) is 52.0 Å². The minimum Gasteiger partial charge on any atom is -0.335 e. The molecule has 0 saturated heterocycles. The number of Topliss-reactive ketones (excluding diaryl/α,β-unsaturated/α-hetero) is 1. The van der Waals surface area contributed by atoms with Crippen molar-refractivity contribution in [1.29, 1.82) is 0 Å². The minimum atomic E-state index is 0.412. The van der Waals surface area contributed by atoms with Gasteiger partial charge < -0.3 is 4.57 Å². The quantitative estimate of drug-likeness (QED) is 0.708. The molecule has 1 heterocycles. The summed E-state index contributed by atoms with van der Waals surface area (Å²) in [5.74, 6) is 2.01. The number of hydrogen-bond acceptors (Lipinski definition) is 2. The zero-order valence-corrected chi connectivity index (χ0v) is 9.98. The van der Waals surface area contributed by atoms with Crippen molar-refractivity contribution in [3.8, 4) is 0 Å². The first-order valence-corrected chi connectivity index (χ1v) is 6.34. The first-order valence-electron chi connectivity index (χ1n) is 6.34. The van der Waals surface area contributed by atoms with Gasteiger partial charge in [-0.1, -0.05) is 6.92 Å². The lowest BCUT2D eigenvalue weighted by Gasteiger charge is -2.05. The Kier molecular flexibility index (Phi) is 3.75. The smallest absolute Gasteiger partial charge is 0.135 e. The topological polar surface area (TPSA) is 34.9 Å². The Morgan fingerprint density at radius 1 is 1.56 bits per heavy atom. The highest BCUT2D eigenvalue weighted by Gasteiger charge is 2.28. The first-order chi connectivity index (χ1) is 7.81. The van der Waals surface area contributed by atoms with Crippen LogP contribution in [-0.2, 0) is 17.8 Å². The highest BCUT2D eigenvalue weighted by atomic mass is 16.1. The van der Waals surface area contributed by atoms with Gasteiger partial charge in [0.25, 0.3) is 0 Å². The number of hydrogen-bond donors (Lipinski definition) is 0. The Morgan fingerprint density at radius 3 is 3.06 bits per heavy atom. The van der Waals surface area contributed by atoms with Gasteiger partial charge in [0.1, 0.15) is 11.6 Å². The Balaban J connectivity index is 1.75. The molecule has 3 heteroatoms. The predicted molar refractivity (Wildman–Crippen MR) is 63.2 cm³/mol. The molecular weight excluding hydrogens is 200 g/mol. The van der Waals surface area contributed by atoms with Gasteiger partial charge in [0.2, 0.25) is 0 Å². The van der Waals surface area contributed by atoms with Crippen LogP contribution in [0.15, 0.2) is 12.4 Å². The van der Waals surface area contributed by atoms with Crippen molar-refractivity contribution in [1.82, 2.24) is 9.55 Å². The molecule has 0 bridgehead atoms. The average molecular weight is 220 g/mol. The summed E-state index contributed by atoms with van der Waals surface area (Å²) in [6, 6.07) is 0. The van der Waals surface area contributed by atoms with Gasteiger partial charge in [-0.15, -0.1) is 0 Å². The number of aromatic nitrogens is 2. The predicted octanol–water partition coefficient (Wildman–Crippen LogP) is 2.59. The molecule has 0 aromatic carbocycles. The van der Waals surface area contributed by atoms with E-state index >= 15 is 0 Å². The fourth-order valence-electron chi connectivity index (χ4n) is 2.04. The lowest BCUT2D eigenvalue weighted by Crippen LogP contribution is -2.05. The SMILES string of the molecule is CCCn1ccnc1CCCC(=O)C1CC1. The third-order valence-electron chi connectivity index (χ3n) is 3.12. The molecule has 2 rings (SSSR count). The molecular formula is C13H20N2O. The highest BCUT2D eigenvalue weighted by Crippen LogP contribution is 2.31.